The van der Waals surface area contributed by atoms with E-state index in [1.165, 1.54) is 6.42 Å². The van der Waals surface area contributed by atoms with Crippen molar-refractivity contribution < 1.29 is 28.6 Å². The Morgan fingerprint density at radius 3 is 2.49 bits per heavy atom. The summed E-state index contributed by atoms with van der Waals surface area (Å²) in [5.41, 5.74) is 2.54. The van der Waals surface area contributed by atoms with Crippen LogP contribution in [0, 0.1) is 5.92 Å². The molecule has 2 aliphatic rings. The van der Waals surface area contributed by atoms with Gasteiger partial charge in [0.25, 0.3) is 5.91 Å². The zero-order valence-electron chi connectivity index (χ0n) is 24.9. The van der Waals surface area contributed by atoms with Crippen LogP contribution >= 0.6 is 0 Å². The molecule has 2 heterocycles. The van der Waals surface area contributed by atoms with E-state index in [0.717, 1.165) is 55.2 Å². The van der Waals surface area contributed by atoms with Crippen LogP contribution < -0.4 is 20.1 Å². The van der Waals surface area contributed by atoms with Crippen molar-refractivity contribution in [1.29, 1.82) is 0 Å². The van der Waals surface area contributed by atoms with Crippen molar-refractivity contribution in [2.45, 2.75) is 52.5 Å². The maximum absolute atomic E-state index is 13.0. The molecule has 2 aromatic rings. The van der Waals surface area contributed by atoms with Crippen LogP contribution in [-0.2, 0) is 20.9 Å². The highest BCUT2D eigenvalue weighted by atomic mass is 16.5. The number of benzene rings is 2. The van der Waals surface area contributed by atoms with Gasteiger partial charge in [0, 0.05) is 61.9 Å². The molecule has 9 heteroatoms. The first-order chi connectivity index (χ1) is 19.8. The fourth-order valence-electron chi connectivity index (χ4n) is 4.54. The molecule has 0 aromatic heterocycles. The van der Waals surface area contributed by atoms with Gasteiger partial charge in [-0.1, -0.05) is 32.0 Å². The van der Waals surface area contributed by atoms with Gasteiger partial charge in [-0.2, -0.15) is 0 Å². The van der Waals surface area contributed by atoms with Crippen molar-refractivity contribution in [3.63, 3.8) is 0 Å². The predicted octanol–water partition coefficient (Wildman–Crippen LogP) is 3.95. The zero-order chi connectivity index (χ0) is 29.6. The highest BCUT2D eigenvalue weighted by Gasteiger charge is 2.25. The average molecular weight is 568 g/mol. The van der Waals surface area contributed by atoms with Gasteiger partial charge in [0.1, 0.15) is 11.5 Å². The van der Waals surface area contributed by atoms with E-state index in [0.29, 0.717) is 25.3 Å². The molecule has 2 amide bonds. The van der Waals surface area contributed by atoms with Crippen molar-refractivity contribution >= 4 is 17.6 Å². The number of hydrogen-bond donors (Lipinski definition) is 2. The highest BCUT2D eigenvalue weighted by molar-refractivity contribution is 5.97. The predicted molar refractivity (Wildman–Crippen MR) is 158 cm³/mol. The number of carbonyl (C=O) groups excluding carboxylic acids is 3. The van der Waals surface area contributed by atoms with Crippen LogP contribution in [0.1, 0.15) is 67.4 Å². The van der Waals surface area contributed by atoms with E-state index >= 15 is 0 Å². The number of nitrogens with one attached hydrogen (secondary N) is 2. The van der Waals surface area contributed by atoms with Gasteiger partial charge in [0.05, 0.1) is 26.8 Å². The van der Waals surface area contributed by atoms with Gasteiger partial charge in [-0.15, -0.1) is 0 Å². The number of hydrogen-bond acceptors (Lipinski definition) is 7. The van der Waals surface area contributed by atoms with E-state index in [1.54, 1.807) is 13.2 Å². The fourth-order valence-corrected chi connectivity index (χ4v) is 4.54. The molecule has 224 valence electrons. The summed E-state index contributed by atoms with van der Waals surface area (Å²) in [4.78, 5) is 39.3. The van der Waals surface area contributed by atoms with E-state index in [4.69, 9.17) is 14.2 Å². The Balaban J connectivity index is 0.00000106. The lowest BCUT2D eigenvalue weighted by Crippen LogP contribution is -2.43. The lowest BCUT2D eigenvalue weighted by Gasteiger charge is -2.33. The Bertz CT molecular complexity index is 1140. The molecule has 1 atom stereocenters. The summed E-state index contributed by atoms with van der Waals surface area (Å²) in [6, 6.07) is 13.2. The summed E-state index contributed by atoms with van der Waals surface area (Å²) in [5.74, 6) is 1.32. The quantitative estimate of drug-likeness (QED) is 0.400. The second-order valence-corrected chi connectivity index (χ2v) is 10.6. The molecule has 1 unspecified atom stereocenters. The molecule has 0 radical (unpaired) electrons. The van der Waals surface area contributed by atoms with Crippen LogP contribution in [0.25, 0.3) is 0 Å². The summed E-state index contributed by atoms with van der Waals surface area (Å²) in [5, 5.41) is 5.97. The van der Waals surface area contributed by atoms with E-state index in [9.17, 15) is 14.4 Å². The van der Waals surface area contributed by atoms with Gasteiger partial charge >= 0.3 is 0 Å². The van der Waals surface area contributed by atoms with E-state index in [2.05, 4.69) is 10.6 Å². The van der Waals surface area contributed by atoms with Crippen molar-refractivity contribution in [3.05, 3.63) is 59.2 Å². The van der Waals surface area contributed by atoms with Crippen LogP contribution in [-0.4, -0.2) is 75.6 Å². The summed E-state index contributed by atoms with van der Waals surface area (Å²) in [7, 11) is 1.62. The number of methoxy groups -OCH3 is 1. The number of nitrogens with zero attached hydrogens (tertiary/aromatic N) is 1. The molecule has 9 nitrogen and oxygen atoms in total. The van der Waals surface area contributed by atoms with Gasteiger partial charge in [0.2, 0.25) is 5.91 Å². The van der Waals surface area contributed by atoms with Crippen LogP contribution in [0.2, 0.25) is 0 Å². The van der Waals surface area contributed by atoms with Gasteiger partial charge in [-0.05, 0) is 49.9 Å². The molecule has 0 saturated carbocycles. The lowest BCUT2D eigenvalue weighted by molar-refractivity contribution is -0.131. The van der Waals surface area contributed by atoms with Crippen LogP contribution in [0.4, 0.5) is 0 Å². The number of rotatable bonds is 12. The van der Waals surface area contributed by atoms with E-state index in [1.807, 2.05) is 62.1 Å². The van der Waals surface area contributed by atoms with Gasteiger partial charge < -0.3 is 29.7 Å². The number of amides is 2. The molecule has 0 bridgehead atoms. The van der Waals surface area contributed by atoms with Gasteiger partial charge in [-0.25, -0.2) is 0 Å². The Morgan fingerprint density at radius 1 is 1.07 bits per heavy atom. The third kappa shape index (κ3) is 10.2. The number of ketones is 1. The summed E-state index contributed by atoms with van der Waals surface area (Å²) in [6.45, 7) is 10.2. The SMILES string of the molecule is C1COC1.CCOc1cc(OC)ccc1CNCC(=O)N1CCCC(c2cccc(C(=O)NCC(=O)C(C)C)c2)C1. The largest absolute Gasteiger partial charge is 0.497 e. The maximum Gasteiger partial charge on any atom is 0.251 e. The Kier molecular flexibility index (Phi) is 13.1. The number of piperidine rings is 1. The number of carbonyl (C=O) groups is 3. The lowest BCUT2D eigenvalue weighted by atomic mass is 9.89. The van der Waals surface area contributed by atoms with E-state index < -0.39 is 0 Å². The molecule has 41 heavy (non-hydrogen) atoms. The minimum absolute atomic E-state index is 0.000604. The third-order valence-electron chi connectivity index (χ3n) is 7.20. The van der Waals surface area contributed by atoms with E-state index in [-0.39, 0.29) is 42.5 Å². The van der Waals surface area contributed by atoms with Crippen molar-refractivity contribution in [2.24, 2.45) is 5.92 Å². The standard InChI is InChI=1S/C29H39N3O5.C3H6O/c1-5-37-27-15-25(36-4)12-11-23(27)16-30-18-28(34)32-13-7-10-24(19-32)21-8-6-9-22(14-21)29(35)31-17-26(33)20(2)3;1-2-4-3-1/h6,8-9,11-12,14-15,20,24,30H,5,7,10,13,16-19H2,1-4H3,(H,31,35);1-3H2. The molecule has 2 saturated heterocycles. The second-order valence-electron chi connectivity index (χ2n) is 10.6. The Hall–Kier alpha value is -3.43. The molecule has 0 spiro atoms. The Labute approximate surface area is 243 Å². The van der Waals surface area contributed by atoms with Crippen molar-refractivity contribution in [1.82, 2.24) is 15.5 Å². The molecule has 2 aromatic carbocycles. The van der Waals surface area contributed by atoms with Gasteiger partial charge in [-0.3, -0.25) is 14.4 Å². The molecule has 4 rings (SSSR count). The Morgan fingerprint density at radius 2 is 1.83 bits per heavy atom. The molecule has 2 aliphatic heterocycles. The number of Topliss-reactive ketones (excluding diaryl/α,β-unsaturated/α-hetero) is 1. The molecular formula is C32H45N3O6. The number of likely N-dealkylation sites (tertiary alicyclic amines) is 1. The first-order valence-electron chi connectivity index (χ1n) is 14.6. The molecule has 2 N–H and O–H groups in total. The maximum atomic E-state index is 13.0. The van der Waals surface area contributed by atoms with Crippen LogP contribution in [0.3, 0.4) is 0 Å². The highest BCUT2D eigenvalue weighted by Crippen LogP contribution is 2.28. The van der Waals surface area contributed by atoms with Crippen molar-refractivity contribution in [3.8, 4) is 11.5 Å². The van der Waals surface area contributed by atoms with Gasteiger partial charge in [0.15, 0.2) is 5.78 Å². The summed E-state index contributed by atoms with van der Waals surface area (Å²) < 4.78 is 15.7. The first-order valence-corrected chi connectivity index (χ1v) is 14.6. The topological polar surface area (TPSA) is 106 Å². The zero-order valence-corrected chi connectivity index (χ0v) is 24.9. The smallest absolute Gasteiger partial charge is 0.251 e. The monoisotopic (exact) mass is 567 g/mol. The molecule has 0 aliphatic carbocycles. The summed E-state index contributed by atoms with van der Waals surface area (Å²) in [6.07, 6.45) is 3.14. The molecule has 2 fully saturated rings. The van der Waals surface area contributed by atoms with Crippen LogP contribution in [0.5, 0.6) is 11.5 Å². The minimum Gasteiger partial charge on any atom is -0.497 e. The number of ether oxygens (including phenoxy) is 3. The average Bonchev–Trinajstić information content (AvgIpc) is 2.95. The minimum atomic E-state index is -0.256. The first kappa shape index (κ1) is 32.1. The van der Waals surface area contributed by atoms with Crippen LogP contribution in [0.15, 0.2) is 42.5 Å². The van der Waals surface area contributed by atoms with Crippen molar-refractivity contribution in [2.75, 3.05) is 53.1 Å². The molecular weight excluding hydrogens is 522 g/mol. The normalized spacial score (nSPS) is 16.2. The third-order valence-corrected chi connectivity index (χ3v) is 7.20. The fraction of sp³-hybridized carbons (Fsp3) is 0.531. The second kappa shape index (κ2) is 16.7. The summed E-state index contributed by atoms with van der Waals surface area (Å²) >= 11 is 0.